The van der Waals surface area contributed by atoms with Crippen LogP contribution in [0.2, 0.25) is 5.02 Å². The van der Waals surface area contributed by atoms with Crippen LogP contribution in [0.15, 0.2) is 47.4 Å². The van der Waals surface area contributed by atoms with Gasteiger partial charge in [0.1, 0.15) is 5.82 Å². The fourth-order valence-electron chi connectivity index (χ4n) is 1.89. The maximum absolute atomic E-state index is 13.2. The lowest BCUT2D eigenvalue weighted by Crippen LogP contribution is -2.26. The molecule has 8 heteroatoms. The number of carbonyl (C=O) groups is 1. The molecule has 1 N–H and O–H groups in total. The molecule has 2 aromatic carbocycles. The number of anilines is 2. The maximum Gasteiger partial charge on any atom is 0.264 e. The zero-order valence-corrected chi connectivity index (χ0v) is 14.0. The van der Waals surface area contributed by atoms with Crippen LogP contribution in [-0.2, 0) is 14.8 Å². The number of rotatable bonds is 4. The van der Waals surface area contributed by atoms with Crippen LogP contribution in [-0.4, -0.2) is 21.4 Å². The van der Waals surface area contributed by atoms with Crippen molar-refractivity contribution in [3.8, 4) is 0 Å². The summed E-state index contributed by atoms with van der Waals surface area (Å²) in [6.45, 7) is 1.36. The van der Waals surface area contributed by atoms with Crippen molar-refractivity contribution >= 4 is 38.9 Å². The molecule has 0 radical (unpaired) electrons. The first-order chi connectivity index (χ1) is 10.7. The Hall–Kier alpha value is -2.12. The van der Waals surface area contributed by atoms with Gasteiger partial charge in [-0.25, -0.2) is 12.8 Å². The Morgan fingerprint density at radius 3 is 2.30 bits per heavy atom. The number of nitrogens with zero attached hydrogens (tertiary/aromatic N) is 1. The van der Waals surface area contributed by atoms with Gasteiger partial charge in [-0.15, -0.1) is 0 Å². The summed E-state index contributed by atoms with van der Waals surface area (Å²) in [4.78, 5) is 11.0. The molecule has 1 amide bonds. The van der Waals surface area contributed by atoms with Crippen molar-refractivity contribution in [1.29, 1.82) is 0 Å². The van der Waals surface area contributed by atoms with Crippen LogP contribution in [0.25, 0.3) is 0 Å². The Morgan fingerprint density at radius 1 is 1.17 bits per heavy atom. The lowest BCUT2D eigenvalue weighted by Gasteiger charge is -2.20. The number of sulfonamides is 1. The van der Waals surface area contributed by atoms with Crippen LogP contribution in [0.5, 0.6) is 0 Å². The predicted octanol–water partition coefficient (Wildman–Crippen LogP) is 3.26. The molecule has 122 valence electrons. The first-order valence-corrected chi connectivity index (χ1v) is 8.35. The second-order valence-electron chi connectivity index (χ2n) is 4.78. The van der Waals surface area contributed by atoms with Crippen molar-refractivity contribution in [2.24, 2.45) is 0 Å². The Bertz CT molecular complexity index is 838. The highest BCUT2D eigenvalue weighted by molar-refractivity contribution is 7.92. The number of amides is 1. The first kappa shape index (κ1) is 17.2. The lowest BCUT2D eigenvalue weighted by atomic mass is 10.3. The number of hydrogen-bond acceptors (Lipinski definition) is 3. The predicted molar refractivity (Wildman–Crippen MR) is 87.7 cm³/mol. The molecule has 0 aliphatic carbocycles. The molecule has 0 saturated heterocycles. The normalized spacial score (nSPS) is 11.1. The molecule has 0 fully saturated rings. The van der Waals surface area contributed by atoms with E-state index in [1.165, 1.54) is 50.4 Å². The van der Waals surface area contributed by atoms with E-state index in [4.69, 9.17) is 11.6 Å². The van der Waals surface area contributed by atoms with Crippen LogP contribution in [0, 0.1) is 5.82 Å². The van der Waals surface area contributed by atoms with Gasteiger partial charge in [0.05, 0.1) is 15.6 Å². The van der Waals surface area contributed by atoms with E-state index < -0.39 is 15.8 Å². The van der Waals surface area contributed by atoms with Crippen molar-refractivity contribution in [3.63, 3.8) is 0 Å². The van der Waals surface area contributed by atoms with Crippen molar-refractivity contribution in [3.05, 3.63) is 53.3 Å². The quantitative estimate of drug-likeness (QED) is 0.914. The lowest BCUT2D eigenvalue weighted by molar-refractivity contribution is -0.114. The zero-order valence-electron chi connectivity index (χ0n) is 12.4. The highest BCUT2D eigenvalue weighted by Crippen LogP contribution is 2.26. The highest BCUT2D eigenvalue weighted by atomic mass is 35.5. The van der Waals surface area contributed by atoms with Gasteiger partial charge in [-0.05, 0) is 42.5 Å². The van der Waals surface area contributed by atoms with Gasteiger partial charge in [0.15, 0.2) is 0 Å². The van der Waals surface area contributed by atoms with E-state index in [1.54, 1.807) is 0 Å². The fraction of sp³-hybridized carbons (Fsp3) is 0.133. The highest BCUT2D eigenvalue weighted by Gasteiger charge is 2.22. The van der Waals surface area contributed by atoms with Crippen molar-refractivity contribution < 1.29 is 17.6 Å². The third kappa shape index (κ3) is 3.80. The molecule has 0 spiro atoms. The van der Waals surface area contributed by atoms with Crippen LogP contribution < -0.4 is 9.62 Å². The van der Waals surface area contributed by atoms with E-state index in [1.807, 2.05) is 0 Å². The molecule has 0 unspecified atom stereocenters. The first-order valence-electron chi connectivity index (χ1n) is 6.53. The molecule has 0 heterocycles. The molecule has 0 aromatic heterocycles. The summed E-state index contributed by atoms with van der Waals surface area (Å²) in [6.07, 6.45) is 0. The number of halogens is 2. The van der Waals surface area contributed by atoms with E-state index in [-0.39, 0.29) is 21.5 Å². The monoisotopic (exact) mass is 356 g/mol. The minimum absolute atomic E-state index is 0.0366. The van der Waals surface area contributed by atoms with Crippen LogP contribution in [0.1, 0.15) is 6.92 Å². The van der Waals surface area contributed by atoms with Crippen LogP contribution in [0.3, 0.4) is 0 Å². The minimum atomic E-state index is -3.83. The average Bonchev–Trinajstić information content (AvgIpc) is 2.49. The second-order valence-corrected chi connectivity index (χ2v) is 7.15. The minimum Gasteiger partial charge on any atom is -0.326 e. The molecule has 0 atom stereocenters. The summed E-state index contributed by atoms with van der Waals surface area (Å²) in [5, 5.41) is 2.39. The van der Waals surface area contributed by atoms with Crippen molar-refractivity contribution in [1.82, 2.24) is 0 Å². The summed E-state index contributed by atoms with van der Waals surface area (Å²) >= 11 is 5.69. The Kier molecular flexibility index (Phi) is 4.91. The molecular formula is C15H14ClFN2O3S. The third-order valence-corrected chi connectivity index (χ3v) is 5.19. The van der Waals surface area contributed by atoms with Crippen molar-refractivity contribution in [2.75, 3.05) is 16.7 Å². The summed E-state index contributed by atoms with van der Waals surface area (Å²) in [5.41, 5.74) is 0.728. The third-order valence-electron chi connectivity index (χ3n) is 3.10. The summed E-state index contributed by atoms with van der Waals surface area (Å²) in [5.74, 6) is -0.875. The number of hydrogen-bond donors (Lipinski definition) is 1. The molecular weight excluding hydrogens is 343 g/mol. The average molecular weight is 357 g/mol. The van der Waals surface area contributed by atoms with Crippen LogP contribution >= 0.6 is 11.6 Å². The SMILES string of the molecule is CC(=O)Nc1ccc(S(=O)(=O)N(C)c2ccc(F)c(Cl)c2)cc1. The number of benzene rings is 2. The van der Waals surface area contributed by atoms with Gasteiger partial charge in [0.2, 0.25) is 5.91 Å². The topological polar surface area (TPSA) is 66.5 Å². The summed E-state index contributed by atoms with van der Waals surface area (Å²) < 4.78 is 39.3. The van der Waals surface area contributed by atoms with E-state index in [9.17, 15) is 17.6 Å². The van der Waals surface area contributed by atoms with Gasteiger partial charge in [-0.1, -0.05) is 11.6 Å². The zero-order chi connectivity index (χ0) is 17.2. The molecule has 0 aliphatic rings. The molecule has 0 aliphatic heterocycles. The number of nitrogens with one attached hydrogen (secondary N) is 1. The van der Waals surface area contributed by atoms with Crippen LogP contribution in [0.4, 0.5) is 15.8 Å². The second kappa shape index (κ2) is 6.55. The Balaban J connectivity index is 2.33. The van der Waals surface area contributed by atoms with Gasteiger partial charge >= 0.3 is 0 Å². The van der Waals surface area contributed by atoms with Crippen molar-refractivity contribution in [2.45, 2.75) is 11.8 Å². The largest absolute Gasteiger partial charge is 0.326 e. The summed E-state index contributed by atoms with van der Waals surface area (Å²) in [6, 6.07) is 9.39. The molecule has 2 aromatic rings. The number of carbonyl (C=O) groups excluding carboxylic acids is 1. The standard InChI is InChI=1S/C15H14ClFN2O3S/c1-10(20)18-11-3-6-13(7-4-11)23(21,22)19(2)12-5-8-15(17)14(16)9-12/h3-9H,1-2H3,(H,18,20). The molecule has 2 rings (SSSR count). The van der Waals surface area contributed by atoms with E-state index in [0.717, 1.165) is 10.4 Å². The maximum atomic E-state index is 13.2. The van der Waals surface area contributed by atoms with Gasteiger partial charge < -0.3 is 5.32 Å². The van der Waals surface area contributed by atoms with E-state index in [0.29, 0.717) is 5.69 Å². The van der Waals surface area contributed by atoms with E-state index in [2.05, 4.69) is 5.32 Å². The molecule has 23 heavy (non-hydrogen) atoms. The molecule has 0 bridgehead atoms. The summed E-state index contributed by atoms with van der Waals surface area (Å²) in [7, 11) is -2.48. The smallest absolute Gasteiger partial charge is 0.264 e. The fourth-order valence-corrected chi connectivity index (χ4v) is 3.25. The Labute approximate surface area is 138 Å². The van der Waals surface area contributed by atoms with Gasteiger partial charge in [-0.3, -0.25) is 9.10 Å². The van der Waals surface area contributed by atoms with Gasteiger partial charge in [0.25, 0.3) is 10.0 Å². The molecule has 0 saturated carbocycles. The van der Waals surface area contributed by atoms with Gasteiger partial charge in [0, 0.05) is 19.7 Å². The molecule has 5 nitrogen and oxygen atoms in total. The van der Waals surface area contributed by atoms with E-state index >= 15 is 0 Å². The Morgan fingerprint density at radius 2 is 1.78 bits per heavy atom. The van der Waals surface area contributed by atoms with Gasteiger partial charge in [-0.2, -0.15) is 0 Å².